The Morgan fingerprint density at radius 2 is 2.21 bits per heavy atom. The van der Waals surface area contributed by atoms with Gasteiger partial charge in [0.15, 0.2) is 0 Å². The number of aromatic nitrogens is 2. The standard InChI is InChI=1S/C10H16N6O3/c1-6-7(16(18)19)8(13-9(12-6)15-11)14-10(5-17)3-2-4-10/h17H,2-5,11H2,1H3,(H2,12,13,14,15). The highest BCUT2D eigenvalue weighted by atomic mass is 16.6. The maximum atomic E-state index is 11.1. The fraction of sp³-hybridized carbons (Fsp3) is 0.600. The third-order valence-corrected chi connectivity index (χ3v) is 3.37. The Morgan fingerprint density at radius 3 is 2.63 bits per heavy atom. The summed E-state index contributed by atoms with van der Waals surface area (Å²) in [5.74, 6) is 5.41. The molecule has 0 amide bonds. The van der Waals surface area contributed by atoms with E-state index in [9.17, 15) is 15.2 Å². The largest absolute Gasteiger partial charge is 0.394 e. The number of aliphatic hydroxyl groups is 1. The molecule has 0 aliphatic heterocycles. The molecule has 1 aromatic rings. The number of anilines is 2. The Labute approximate surface area is 109 Å². The molecule has 9 nitrogen and oxygen atoms in total. The van der Waals surface area contributed by atoms with Crippen molar-refractivity contribution in [3.05, 3.63) is 15.8 Å². The average Bonchev–Trinajstić information content (AvgIpc) is 2.32. The first kappa shape index (κ1) is 13.4. The van der Waals surface area contributed by atoms with Gasteiger partial charge in [-0.05, 0) is 26.2 Å². The van der Waals surface area contributed by atoms with Gasteiger partial charge in [0.05, 0.1) is 17.1 Å². The molecule has 0 saturated heterocycles. The van der Waals surface area contributed by atoms with Crippen molar-refractivity contribution in [2.45, 2.75) is 31.7 Å². The lowest BCUT2D eigenvalue weighted by molar-refractivity contribution is -0.385. The number of aryl methyl sites for hydroxylation is 1. The number of nitrogens with one attached hydrogen (secondary N) is 2. The molecule has 1 aliphatic rings. The molecule has 1 fully saturated rings. The van der Waals surface area contributed by atoms with Crippen LogP contribution in [-0.2, 0) is 0 Å². The lowest BCUT2D eigenvalue weighted by atomic mass is 9.77. The van der Waals surface area contributed by atoms with Crippen molar-refractivity contribution in [1.29, 1.82) is 0 Å². The van der Waals surface area contributed by atoms with Crippen molar-refractivity contribution in [3.63, 3.8) is 0 Å². The van der Waals surface area contributed by atoms with E-state index in [0.717, 1.165) is 19.3 Å². The minimum atomic E-state index is -0.540. The Balaban J connectivity index is 2.41. The summed E-state index contributed by atoms with van der Waals surface area (Å²) in [4.78, 5) is 18.4. The van der Waals surface area contributed by atoms with Crippen LogP contribution in [0.15, 0.2) is 0 Å². The van der Waals surface area contributed by atoms with Crippen LogP contribution in [0.4, 0.5) is 17.5 Å². The second-order valence-electron chi connectivity index (χ2n) is 4.65. The van der Waals surface area contributed by atoms with E-state index < -0.39 is 10.5 Å². The highest BCUT2D eigenvalue weighted by Gasteiger charge is 2.39. The summed E-state index contributed by atoms with van der Waals surface area (Å²) in [6.07, 6.45) is 2.46. The lowest BCUT2D eigenvalue weighted by Gasteiger charge is -2.41. The van der Waals surface area contributed by atoms with E-state index in [0.29, 0.717) is 0 Å². The zero-order valence-electron chi connectivity index (χ0n) is 10.5. The summed E-state index contributed by atoms with van der Waals surface area (Å²) in [6.45, 7) is 1.41. The highest BCUT2D eigenvalue weighted by molar-refractivity contribution is 5.62. The van der Waals surface area contributed by atoms with Gasteiger partial charge in [0.25, 0.3) is 0 Å². The quantitative estimate of drug-likeness (QED) is 0.340. The smallest absolute Gasteiger partial charge is 0.332 e. The molecule has 0 aromatic carbocycles. The number of nitro groups is 1. The third-order valence-electron chi connectivity index (χ3n) is 3.37. The summed E-state index contributed by atoms with van der Waals surface area (Å²) in [5.41, 5.74) is 1.75. The second kappa shape index (κ2) is 4.94. The fourth-order valence-electron chi connectivity index (χ4n) is 2.11. The molecule has 2 rings (SSSR count). The van der Waals surface area contributed by atoms with Crippen molar-refractivity contribution >= 4 is 17.5 Å². The molecule has 104 valence electrons. The predicted octanol–water partition coefficient (Wildman–Crippen LogP) is 0.306. The summed E-state index contributed by atoms with van der Waals surface area (Å²) in [7, 11) is 0. The van der Waals surface area contributed by atoms with Gasteiger partial charge in [-0.3, -0.25) is 15.5 Å². The molecule has 0 atom stereocenters. The van der Waals surface area contributed by atoms with Crippen LogP contribution in [0.2, 0.25) is 0 Å². The van der Waals surface area contributed by atoms with E-state index >= 15 is 0 Å². The summed E-state index contributed by atoms with van der Waals surface area (Å²) < 4.78 is 0. The maximum Gasteiger partial charge on any atom is 0.332 e. The number of hydrazine groups is 1. The first-order valence-corrected chi connectivity index (χ1v) is 5.90. The molecule has 0 bridgehead atoms. The SMILES string of the molecule is Cc1nc(NN)nc(NC2(CO)CCC2)c1[N+](=O)[O-]. The predicted molar refractivity (Wildman–Crippen MR) is 68.5 cm³/mol. The van der Waals surface area contributed by atoms with E-state index in [1.54, 1.807) is 0 Å². The zero-order valence-corrected chi connectivity index (χ0v) is 10.5. The maximum absolute atomic E-state index is 11.1. The number of hydrogen-bond acceptors (Lipinski definition) is 8. The Kier molecular flexibility index (Phi) is 3.49. The summed E-state index contributed by atoms with van der Waals surface area (Å²) >= 11 is 0. The van der Waals surface area contributed by atoms with E-state index in [1.807, 2.05) is 0 Å². The normalized spacial score (nSPS) is 16.6. The molecule has 0 radical (unpaired) electrons. The molecular formula is C10H16N6O3. The van der Waals surface area contributed by atoms with Gasteiger partial charge in [-0.2, -0.15) is 4.98 Å². The van der Waals surface area contributed by atoms with Crippen LogP contribution in [0.3, 0.4) is 0 Å². The Bertz CT molecular complexity index is 497. The zero-order chi connectivity index (χ0) is 14.0. The van der Waals surface area contributed by atoms with Gasteiger partial charge in [-0.1, -0.05) is 0 Å². The van der Waals surface area contributed by atoms with Crippen LogP contribution < -0.4 is 16.6 Å². The van der Waals surface area contributed by atoms with Crippen LogP contribution >= 0.6 is 0 Å². The van der Waals surface area contributed by atoms with E-state index in [4.69, 9.17) is 5.84 Å². The number of nitrogens with two attached hydrogens (primary N) is 1. The summed E-state index contributed by atoms with van der Waals surface area (Å²) in [5, 5.41) is 23.5. The third kappa shape index (κ3) is 2.42. The molecule has 19 heavy (non-hydrogen) atoms. The molecule has 1 aliphatic carbocycles. The fourth-order valence-corrected chi connectivity index (χ4v) is 2.11. The van der Waals surface area contributed by atoms with Crippen LogP contribution in [-0.4, -0.2) is 32.1 Å². The second-order valence-corrected chi connectivity index (χ2v) is 4.65. The van der Waals surface area contributed by atoms with E-state index in [1.165, 1.54) is 6.92 Å². The minimum absolute atomic E-state index is 0.0826. The lowest BCUT2D eigenvalue weighted by Crippen LogP contribution is -2.48. The Hall–Kier alpha value is -2.00. The molecule has 9 heteroatoms. The Morgan fingerprint density at radius 1 is 1.53 bits per heavy atom. The van der Waals surface area contributed by atoms with Crippen molar-refractivity contribution in [2.75, 3.05) is 17.3 Å². The van der Waals surface area contributed by atoms with Gasteiger partial charge in [0.1, 0.15) is 5.69 Å². The van der Waals surface area contributed by atoms with Crippen LogP contribution in [0.1, 0.15) is 25.0 Å². The van der Waals surface area contributed by atoms with Gasteiger partial charge in [0, 0.05) is 0 Å². The molecule has 0 spiro atoms. The number of nitrogens with zero attached hydrogens (tertiary/aromatic N) is 3. The molecule has 0 unspecified atom stereocenters. The average molecular weight is 268 g/mol. The van der Waals surface area contributed by atoms with E-state index in [2.05, 4.69) is 20.7 Å². The molecule has 1 aromatic heterocycles. The van der Waals surface area contributed by atoms with Crippen molar-refractivity contribution in [3.8, 4) is 0 Å². The summed E-state index contributed by atoms with van der Waals surface area (Å²) in [6, 6.07) is 0. The number of nitrogen functional groups attached to an aromatic ring is 1. The van der Waals surface area contributed by atoms with Crippen LogP contribution in [0.5, 0.6) is 0 Å². The number of aliphatic hydroxyl groups excluding tert-OH is 1. The topological polar surface area (TPSA) is 139 Å². The van der Waals surface area contributed by atoms with Crippen molar-refractivity contribution in [2.24, 2.45) is 5.84 Å². The minimum Gasteiger partial charge on any atom is -0.394 e. The van der Waals surface area contributed by atoms with Crippen LogP contribution in [0, 0.1) is 17.0 Å². The van der Waals surface area contributed by atoms with Gasteiger partial charge in [-0.25, -0.2) is 10.8 Å². The van der Waals surface area contributed by atoms with Crippen molar-refractivity contribution in [1.82, 2.24) is 9.97 Å². The van der Waals surface area contributed by atoms with Gasteiger partial charge < -0.3 is 10.4 Å². The molecule has 1 heterocycles. The number of hydrogen-bond donors (Lipinski definition) is 4. The molecule has 1 saturated carbocycles. The highest BCUT2D eigenvalue weighted by Crippen LogP contribution is 2.37. The van der Waals surface area contributed by atoms with Gasteiger partial charge in [-0.15, -0.1) is 0 Å². The van der Waals surface area contributed by atoms with Gasteiger partial charge >= 0.3 is 5.69 Å². The first-order chi connectivity index (χ1) is 9.01. The molecular weight excluding hydrogens is 252 g/mol. The first-order valence-electron chi connectivity index (χ1n) is 5.90. The van der Waals surface area contributed by atoms with E-state index in [-0.39, 0.29) is 29.8 Å². The van der Waals surface area contributed by atoms with Crippen molar-refractivity contribution < 1.29 is 10.0 Å². The van der Waals surface area contributed by atoms with Gasteiger partial charge in [0.2, 0.25) is 11.8 Å². The number of rotatable bonds is 5. The van der Waals surface area contributed by atoms with Crippen LogP contribution in [0.25, 0.3) is 0 Å². The molecule has 5 N–H and O–H groups in total. The monoisotopic (exact) mass is 268 g/mol.